The van der Waals surface area contributed by atoms with E-state index in [2.05, 4.69) is 9.88 Å². The minimum absolute atomic E-state index is 0.128. The van der Waals surface area contributed by atoms with Gasteiger partial charge in [-0.3, -0.25) is 14.7 Å². The summed E-state index contributed by atoms with van der Waals surface area (Å²) < 4.78 is 18.9. The number of piperidine rings is 2. The third kappa shape index (κ3) is 3.13. The number of nitrogens with zero attached hydrogens (tertiary/aromatic N) is 3. The summed E-state index contributed by atoms with van der Waals surface area (Å²) in [6.07, 6.45) is 4.77. The predicted molar refractivity (Wildman–Crippen MR) is 79.6 cm³/mol. The monoisotopic (exact) mass is 307 g/mol. The third-order valence-corrected chi connectivity index (χ3v) is 4.69. The molecule has 22 heavy (non-hydrogen) atoms. The van der Waals surface area contributed by atoms with Crippen molar-refractivity contribution in [3.63, 3.8) is 0 Å². The van der Waals surface area contributed by atoms with Crippen LogP contribution in [0, 0.1) is 11.7 Å². The number of likely N-dealkylation sites (tertiary alicyclic amines) is 2. The van der Waals surface area contributed by atoms with Crippen LogP contribution < -0.4 is 0 Å². The van der Waals surface area contributed by atoms with Gasteiger partial charge < -0.3 is 9.64 Å². The normalized spacial score (nSPS) is 25.5. The van der Waals surface area contributed by atoms with Gasteiger partial charge in [0.25, 0.3) is 0 Å². The van der Waals surface area contributed by atoms with Gasteiger partial charge in [-0.05, 0) is 31.4 Å². The summed E-state index contributed by atoms with van der Waals surface area (Å²) in [5.74, 6) is 0.407. The maximum atomic E-state index is 13.8. The molecule has 3 heterocycles. The van der Waals surface area contributed by atoms with Crippen LogP contribution in [0.25, 0.3) is 0 Å². The number of aromatic nitrogens is 1. The highest BCUT2D eigenvalue weighted by atomic mass is 19.1. The Kier molecular flexibility index (Phi) is 4.69. The van der Waals surface area contributed by atoms with Crippen molar-refractivity contribution in [1.29, 1.82) is 0 Å². The van der Waals surface area contributed by atoms with Crippen molar-refractivity contribution in [2.75, 3.05) is 33.4 Å². The van der Waals surface area contributed by atoms with Crippen LogP contribution in [0.1, 0.15) is 18.4 Å². The van der Waals surface area contributed by atoms with Gasteiger partial charge in [0.2, 0.25) is 5.91 Å². The molecular weight excluding hydrogens is 285 g/mol. The van der Waals surface area contributed by atoms with E-state index in [0.29, 0.717) is 31.2 Å². The van der Waals surface area contributed by atoms with Crippen LogP contribution in [0.4, 0.5) is 4.39 Å². The fourth-order valence-electron chi connectivity index (χ4n) is 3.47. The quantitative estimate of drug-likeness (QED) is 0.822. The third-order valence-electron chi connectivity index (χ3n) is 4.69. The largest absolute Gasteiger partial charge is 0.383 e. The van der Waals surface area contributed by atoms with Crippen molar-refractivity contribution < 1.29 is 13.9 Å². The minimum atomic E-state index is -0.302. The lowest BCUT2D eigenvalue weighted by Crippen LogP contribution is -2.59. The number of hydrogen-bond donors (Lipinski definition) is 0. The Morgan fingerprint density at radius 1 is 1.50 bits per heavy atom. The molecule has 2 fully saturated rings. The zero-order valence-electron chi connectivity index (χ0n) is 12.9. The summed E-state index contributed by atoms with van der Waals surface area (Å²) in [6.45, 7) is 3.34. The Bertz CT molecular complexity index is 540. The van der Waals surface area contributed by atoms with Gasteiger partial charge in [0, 0.05) is 38.5 Å². The van der Waals surface area contributed by atoms with E-state index in [9.17, 15) is 9.18 Å². The summed E-state index contributed by atoms with van der Waals surface area (Å²) in [5.41, 5.74) is 0.607. The standard InChI is InChI=1S/C16H22FN3O2/c1-22-7-6-20-10-12-3-5-19(15(8-12)16(20)21)11-13-2-4-18-9-14(13)17/h2,4,9,12,15H,3,5-8,10-11H2,1H3/t12-,15+/m0/s1. The summed E-state index contributed by atoms with van der Waals surface area (Å²) in [5, 5.41) is 0. The van der Waals surface area contributed by atoms with Gasteiger partial charge >= 0.3 is 0 Å². The molecule has 0 N–H and O–H groups in total. The zero-order chi connectivity index (χ0) is 15.5. The molecule has 3 rings (SSSR count). The molecule has 0 aliphatic carbocycles. The molecule has 2 saturated heterocycles. The van der Waals surface area contributed by atoms with Crippen molar-refractivity contribution in [1.82, 2.24) is 14.8 Å². The predicted octanol–water partition coefficient (Wildman–Crippen LogP) is 1.29. The number of fused-ring (bicyclic) bond motifs is 2. The molecule has 0 unspecified atom stereocenters. The zero-order valence-corrected chi connectivity index (χ0v) is 12.9. The molecule has 0 radical (unpaired) electrons. The van der Waals surface area contributed by atoms with Crippen LogP contribution >= 0.6 is 0 Å². The Balaban J connectivity index is 1.71. The molecule has 1 amide bonds. The molecule has 5 nitrogen and oxygen atoms in total. The van der Waals surface area contributed by atoms with Gasteiger partial charge in [0.05, 0.1) is 18.8 Å². The number of carbonyl (C=O) groups is 1. The molecule has 1 aromatic heterocycles. The van der Waals surface area contributed by atoms with E-state index in [0.717, 1.165) is 25.9 Å². The van der Waals surface area contributed by atoms with E-state index >= 15 is 0 Å². The number of methoxy groups -OCH3 is 1. The van der Waals surface area contributed by atoms with E-state index in [-0.39, 0.29) is 17.8 Å². The Morgan fingerprint density at radius 2 is 2.36 bits per heavy atom. The van der Waals surface area contributed by atoms with E-state index in [1.54, 1.807) is 19.4 Å². The smallest absolute Gasteiger partial charge is 0.240 e. The first-order chi connectivity index (χ1) is 10.7. The fourth-order valence-corrected chi connectivity index (χ4v) is 3.47. The molecule has 2 atom stereocenters. The number of amides is 1. The van der Waals surface area contributed by atoms with Crippen molar-refractivity contribution in [2.45, 2.75) is 25.4 Å². The number of hydrogen-bond acceptors (Lipinski definition) is 4. The lowest BCUT2D eigenvalue weighted by molar-refractivity contribution is -0.146. The van der Waals surface area contributed by atoms with Crippen molar-refractivity contribution in [3.8, 4) is 0 Å². The van der Waals surface area contributed by atoms with Crippen molar-refractivity contribution >= 4 is 5.91 Å². The first-order valence-electron chi connectivity index (χ1n) is 7.79. The molecule has 0 spiro atoms. The molecule has 0 saturated carbocycles. The maximum absolute atomic E-state index is 13.8. The van der Waals surface area contributed by atoms with Gasteiger partial charge in [-0.1, -0.05) is 0 Å². The van der Waals surface area contributed by atoms with E-state index < -0.39 is 0 Å². The first kappa shape index (κ1) is 15.4. The number of pyridine rings is 1. The van der Waals surface area contributed by atoms with Gasteiger partial charge in [0.15, 0.2) is 0 Å². The molecule has 2 aliphatic heterocycles. The van der Waals surface area contributed by atoms with Gasteiger partial charge in [-0.25, -0.2) is 4.39 Å². The van der Waals surface area contributed by atoms with Crippen LogP contribution in [0.5, 0.6) is 0 Å². The number of halogens is 1. The van der Waals surface area contributed by atoms with E-state index in [1.807, 2.05) is 4.90 Å². The van der Waals surface area contributed by atoms with Gasteiger partial charge in [0.1, 0.15) is 5.82 Å². The fraction of sp³-hybridized carbons (Fsp3) is 0.625. The summed E-state index contributed by atoms with van der Waals surface area (Å²) in [4.78, 5) is 20.4. The highest BCUT2D eigenvalue weighted by Gasteiger charge is 2.40. The van der Waals surface area contributed by atoms with Crippen LogP contribution in [0.15, 0.2) is 18.5 Å². The average Bonchev–Trinajstić information content (AvgIpc) is 2.53. The highest BCUT2D eigenvalue weighted by molar-refractivity contribution is 5.83. The van der Waals surface area contributed by atoms with E-state index in [1.165, 1.54) is 6.20 Å². The maximum Gasteiger partial charge on any atom is 0.240 e. The Hall–Kier alpha value is -1.53. The van der Waals surface area contributed by atoms with Crippen LogP contribution in [-0.2, 0) is 16.1 Å². The lowest BCUT2D eigenvalue weighted by Gasteiger charge is -2.46. The average molecular weight is 307 g/mol. The second-order valence-corrected chi connectivity index (χ2v) is 6.12. The summed E-state index contributed by atoms with van der Waals surface area (Å²) in [7, 11) is 1.65. The number of ether oxygens (including phenoxy) is 1. The van der Waals surface area contributed by atoms with Crippen LogP contribution in [-0.4, -0.2) is 60.1 Å². The topological polar surface area (TPSA) is 45.7 Å². The van der Waals surface area contributed by atoms with Crippen molar-refractivity contribution in [2.24, 2.45) is 5.92 Å². The number of rotatable bonds is 5. The Morgan fingerprint density at radius 3 is 3.14 bits per heavy atom. The minimum Gasteiger partial charge on any atom is -0.383 e. The molecule has 2 aliphatic rings. The first-order valence-corrected chi connectivity index (χ1v) is 7.79. The van der Waals surface area contributed by atoms with Crippen LogP contribution in [0.2, 0.25) is 0 Å². The Labute approximate surface area is 130 Å². The second-order valence-electron chi connectivity index (χ2n) is 6.12. The molecule has 0 aromatic carbocycles. The molecule has 2 bridgehead atoms. The number of carbonyl (C=O) groups excluding carboxylic acids is 1. The summed E-state index contributed by atoms with van der Waals surface area (Å²) >= 11 is 0. The van der Waals surface area contributed by atoms with Crippen molar-refractivity contribution in [3.05, 3.63) is 29.8 Å². The molecule has 6 heteroatoms. The highest BCUT2D eigenvalue weighted by Crippen LogP contribution is 2.31. The molecule has 120 valence electrons. The van der Waals surface area contributed by atoms with Gasteiger partial charge in [-0.2, -0.15) is 0 Å². The molecule has 1 aromatic rings. The van der Waals surface area contributed by atoms with Crippen LogP contribution in [0.3, 0.4) is 0 Å². The SMILES string of the molecule is COCCN1C[C@H]2CCN(Cc3ccncc3F)[C@H](C2)C1=O. The second kappa shape index (κ2) is 6.71. The molecular formula is C16H22FN3O2. The summed E-state index contributed by atoms with van der Waals surface area (Å²) in [6, 6.07) is 1.56. The lowest BCUT2D eigenvalue weighted by atomic mass is 9.85. The van der Waals surface area contributed by atoms with E-state index in [4.69, 9.17) is 4.74 Å². The van der Waals surface area contributed by atoms with Gasteiger partial charge in [-0.15, -0.1) is 0 Å².